The molecular formula is C13H19N3O. The lowest BCUT2D eigenvalue weighted by Crippen LogP contribution is -2.36. The molecule has 4 nitrogen and oxygen atoms in total. The molecule has 1 amide bonds. The fourth-order valence-electron chi connectivity index (χ4n) is 2.14. The van der Waals surface area contributed by atoms with Crippen molar-refractivity contribution in [3.63, 3.8) is 0 Å². The molecule has 92 valence electrons. The Bertz CT molecular complexity index is 366. The third-order valence-corrected chi connectivity index (χ3v) is 3.09. The van der Waals surface area contributed by atoms with Gasteiger partial charge in [-0.1, -0.05) is 6.07 Å². The van der Waals surface area contributed by atoms with Gasteiger partial charge in [0.05, 0.1) is 0 Å². The van der Waals surface area contributed by atoms with Crippen LogP contribution in [0.5, 0.6) is 0 Å². The van der Waals surface area contributed by atoms with Crippen molar-refractivity contribution in [2.24, 2.45) is 0 Å². The van der Waals surface area contributed by atoms with E-state index in [1.165, 1.54) is 0 Å². The molecule has 0 unspecified atom stereocenters. The van der Waals surface area contributed by atoms with Gasteiger partial charge < -0.3 is 10.2 Å². The van der Waals surface area contributed by atoms with Crippen molar-refractivity contribution in [3.05, 3.63) is 30.1 Å². The van der Waals surface area contributed by atoms with Crippen LogP contribution in [0.25, 0.3) is 0 Å². The van der Waals surface area contributed by atoms with Crippen LogP contribution in [0.4, 0.5) is 0 Å². The molecule has 1 fully saturated rings. The molecule has 0 spiro atoms. The van der Waals surface area contributed by atoms with Gasteiger partial charge in [0.1, 0.15) is 0 Å². The summed E-state index contributed by atoms with van der Waals surface area (Å²) in [4.78, 5) is 18.2. The van der Waals surface area contributed by atoms with Gasteiger partial charge >= 0.3 is 0 Å². The summed E-state index contributed by atoms with van der Waals surface area (Å²) < 4.78 is 0. The molecule has 1 aromatic rings. The number of rotatable bonds is 4. The van der Waals surface area contributed by atoms with Gasteiger partial charge in [0.15, 0.2) is 0 Å². The monoisotopic (exact) mass is 233 g/mol. The van der Waals surface area contributed by atoms with Gasteiger partial charge in [-0.15, -0.1) is 0 Å². The second kappa shape index (κ2) is 5.77. The quantitative estimate of drug-likeness (QED) is 0.838. The van der Waals surface area contributed by atoms with Crippen LogP contribution in [0.1, 0.15) is 18.5 Å². The van der Waals surface area contributed by atoms with Gasteiger partial charge in [-0.05, 0) is 38.6 Å². The number of nitrogens with zero attached hydrogens (tertiary/aromatic N) is 2. The van der Waals surface area contributed by atoms with E-state index >= 15 is 0 Å². The Morgan fingerprint density at radius 1 is 1.59 bits per heavy atom. The normalized spacial score (nSPS) is 20.4. The molecule has 1 saturated heterocycles. The standard InChI is InChI=1S/C13H19N3O/c1-16-9-7-12(10-16)15-13(17)6-5-11-4-2-3-8-14-11/h2-4,8,12H,5-7,9-10H2,1H3,(H,15,17)/t12-/m1/s1. The topological polar surface area (TPSA) is 45.2 Å². The summed E-state index contributed by atoms with van der Waals surface area (Å²) >= 11 is 0. The van der Waals surface area contributed by atoms with Crippen LogP contribution in [-0.4, -0.2) is 42.0 Å². The lowest BCUT2D eigenvalue weighted by molar-refractivity contribution is -0.121. The van der Waals surface area contributed by atoms with Crippen LogP contribution in [-0.2, 0) is 11.2 Å². The third kappa shape index (κ3) is 3.82. The number of carbonyl (C=O) groups is 1. The van der Waals surface area contributed by atoms with Crippen molar-refractivity contribution in [1.82, 2.24) is 15.2 Å². The van der Waals surface area contributed by atoms with E-state index in [0.717, 1.165) is 31.6 Å². The molecule has 1 atom stereocenters. The van der Waals surface area contributed by atoms with Crippen LogP contribution >= 0.6 is 0 Å². The molecule has 1 aromatic heterocycles. The SMILES string of the molecule is CN1CC[C@@H](NC(=O)CCc2ccccn2)C1. The maximum Gasteiger partial charge on any atom is 0.220 e. The summed E-state index contributed by atoms with van der Waals surface area (Å²) in [5.41, 5.74) is 0.978. The molecule has 0 aliphatic carbocycles. The molecule has 4 heteroatoms. The Morgan fingerprint density at radius 2 is 2.47 bits per heavy atom. The average molecular weight is 233 g/mol. The van der Waals surface area contributed by atoms with E-state index in [9.17, 15) is 4.79 Å². The third-order valence-electron chi connectivity index (χ3n) is 3.09. The smallest absolute Gasteiger partial charge is 0.220 e. The second-order valence-electron chi connectivity index (χ2n) is 4.64. The largest absolute Gasteiger partial charge is 0.352 e. The van der Waals surface area contributed by atoms with Gasteiger partial charge in [-0.3, -0.25) is 9.78 Å². The number of aryl methyl sites for hydroxylation is 1. The molecule has 0 bridgehead atoms. The average Bonchev–Trinajstić information content (AvgIpc) is 2.73. The highest BCUT2D eigenvalue weighted by Crippen LogP contribution is 2.06. The van der Waals surface area contributed by atoms with Gasteiger partial charge in [0.25, 0.3) is 0 Å². The van der Waals surface area contributed by atoms with Crippen molar-refractivity contribution in [2.45, 2.75) is 25.3 Å². The first-order chi connectivity index (χ1) is 8.24. The number of pyridine rings is 1. The molecule has 2 heterocycles. The van der Waals surface area contributed by atoms with E-state index in [2.05, 4.69) is 22.2 Å². The van der Waals surface area contributed by atoms with Crippen molar-refractivity contribution in [3.8, 4) is 0 Å². The highest BCUT2D eigenvalue weighted by atomic mass is 16.1. The van der Waals surface area contributed by atoms with Crippen LogP contribution in [0.15, 0.2) is 24.4 Å². The number of aromatic nitrogens is 1. The molecule has 2 rings (SSSR count). The van der Waals surface area contributed by atoms with E-state index < -0.39 is 0 Å². The minimum absolute atomic E-state index is 0.135. The van der Waals surface area contributed by atoms with Crippen LogP contribution < -0.4 is 5.32 Å². The number of carbonyl (C=O) groups excluding carboxylic acids is 1. The highest BCUT2D eigenvalue weighted by Gasteiger charge is 2.20. The molecule has 1 aliphatic rings. The fraction of sp³-hybridized carbons (Fsp3) is 0.538. The van der Waals surface area contributed by atoms with E-state index in [1.54, 1.807) is 6.20 Å². The first-order valence-electron chi connectivity index (χ1n) is 6.12. The minimum atomic E-state index is 0.135. The van der Waals surface area contributed by atoms with Crippen molar-refractivity contribution in [2.75, 3.05) is 20.1 Å². The lowest BCUT2D eigenvalue weighted by atomic mass is 10.2. The maximum atomic E-state index is 11.7. The van der Waals surface area contributed by atoms with Crippen LogP contribution in [0.3, 0.4) is 0 Å². The van der Waals surface area contributed by atoms with Crippen LogP contribution in [0, 0.1) is 0 Å². The molecular weight excluding hydrogens is 214 g/mol. The Kier molecular flexibility index (Phi) is 4.09. The van der Waals surface area contributed by atoms with E-state index in [0.29, 0.717) is 12.5 Å². The Hall–Kier alpha value is -1.42. The first-order valence-corrected chi connectivity index (χ1v) is 6.12. The maximum absolute atomic E-state index is 11.7. The van der Waals surface area contributed by atoms with E-state index in [1.807, 2.05) is 18.2 Å². The molecule has 0 saturated carbocycles. The van der Waals surface area contributed by atoms with E-state index in [4.69, 9.17) is 0 Å². The van der Waals surface area contributed by atoms with Gasteiger partial charge in [-0.25, -0.2) is 0 Å². The summed E-state index contributed by atoms with van der Waals surface area (Å²) in [6.45, 7) is 2.04. The molecule has 17 heavy (non-hydrogen) atoms. The number of amides is 1. The Labute approximate surface area is 102 Å². The van der Waals surface area contributed by atoms with Crippen molar-refractivity contribution in [1.29, 1.82) is 0 Å². The number of hydrogen-bond donors (Lipinski definition) is 1. The zero-order chi connectivity index (χ0) is 12.1. The molecule has 0 aromatic carbocycles. The fourth-order valence-corrected chi connectivity index (χ4v) is 2.14. The van der Waals surface area contributed by atoms with Gasteiger partial charge in [0, 0.05) is 30.9 Å². The predicted molar refractivity (Wildman–Crippen MR) is 66.6 cm³/mol. The predicted octanol–water partition coefficient (Wildman–Crippen LogP) is 0.834. The summed E-state index contributed by atoms with van der Waals surface area (Å²) in [6, 6.07) is 6.12. The summed E-state index contributed by atoms with van der Waals surface area (Å²) in [5, 5.41) is 3.07. The number of likely N-dealkylation sites (N-methyl/N-ethyl adjacent to an activating group) is 1. The number of nitrogens with one attached hydrogen (secondary N) is 1. The summed E-state index contributed by atoms with van der Waals surface area (Å²) in [6.07, 6.45) is 4.07. The van der Waals surface area contributed by atoms with Gasteiger partial charge in [0.2, 0.25) is 5.91 Å². The minimum Gasteiger partial charge on any atom is -0.352 e. The van der Waals surface area contributed by atoms with Crippen LogP contribution in [0.2, 0.25) is 0 Å². The highest BCUT2D eigenvalue weighted by molar-refractivity contribution is 5.76. The number of likely N-dealkylation sites (tertiary alicyclic amines) is 1. The Balaban J connectivity index is 1.71. The zero-order valence-corrected chi connectivity index (χ0v) is 10.2. The zero-order valence-electron chi connectivity index (χ0n) is 10.2. The summed E-state index contributed by atoms with van der Waals surface area (Å²) in [5.74, 6) is 0.135. The van der Waals surface area contributed by atoms with E-state index in [-0.39, 0.29) is 5.91 Å². The summed E-state index contributed by atoms with van der Waals surface area (Å²) in [7, 11) is 2.08. The lowest BCUT2D eigenvalue weighted by Gasteiger charge is -2.12. The first kappa shape index (κ1) is 12.0. The second-order valence-corrected chi connectivity index (χ2v) is 4.64. The van der Waals surface area contributed by atoms with Crippen molar-refractivity contribution >= 4 is 5.91 Å². The molecule has 0 radical (unpaired) electrons. The molecule has 1 aliphatic heterocycles. The molecule has 1 N–H and O–H groups in total. The Morgan fingerprint density at radius 3 is 3.12 bits per heavy atom. The van der Waals surface area contributed by atoms with Crippen molar-refractivity contribution < 1.29 is 4.79 Å². The van der Waals surface area contributed by atoms with Gasteiger partial charge in [-0.2, -0.15) is 0 Å². The number of hydrogen-bond acceptors (Lipinski definition) is 3.